The Balaban J connectivity index is 2.11. The molecule has 2 rings (SSSR count). The highest BCUT2D eigenvalue weighted by molar-refractivity contribution is 5.27. The van der Waals surface area contributed by atoms with Gasteiger partial charge in [-0.25, -0.2) is 0 Å². The highest BCUT2D eigenvalue weighted by Crippen LogP contribution is 2.46. The predicted octanol–water partition coefficient (Wildman–Crippen LogP) is 2.34. The van der Waals surface area contributed by atoms with Crippen LogP contribution in [0.3, 0.4) is 0 Å². The molecule has 1 aliphatic carbocycles. The molecule has 1 fully saturated rings. The molecule has 0 saturated carbocycles. The lowest BCUT2D eigenvalue weighted by atomic mass is 9.77. The second-order valence-electron chi connectivity index (χ2n) is 4.92. The van der Waals surface area contributed by atoms with Crippen molar-refractivity contribution in [2.45, 2.75) is 33.6 Å². The molecule has 1 spiro atoms. The molecule has 0 aromatic rings. The molecule has 0 aromatic heterocycles. The van der Waals surface area contributed by atoms with Gasteiger partial charge in [0, 0.05) is 18.5 Å². The van der Waals surface area contributed by atoms with Crippen molar-refractivity contribution in [1.82, 2.24) is 5.32 Å². The van der Waals surface area contributed by atoms with E-state index in [0.717, 1.165) is 5.92 Å². The Morgan fingerprint density at radius 2 is 1.92 bits per heavy atom. The van der Waals surface area contributed by atoms with Gasteiger partial charge in [0.05, 0.1) is 0 Å². The SMILES string of the molecule is CC1=C(C(C)C)CC2(CNC2)C1. The summed E-state index contributed by atoms with van der Waals surface area (Å²) in [5.74, 6) is 0.768. The van der Waals surface area contributed by atoms with Crippen molar-refractivity contribution in [3.05, 3.63) is 11.1 Å². The van der Waals surface area contributed by atoms with Gasteiger partial charge in [0.1, 0.15) is 0 Å². The maximum absolute atomic E-state index is 3.40. The van der Waals surface area contributed by atoms with E-state index in [1.54, 1.807) is 11.1 Å². The summed E-state index contributed by atoms with van der Waals surface area (Å²) in [7, 11) is 0. The van der Waals surface area contributed by atoms with Crippen LogP contribution < -0.4 is 5.32 Å². The van der Waals surface area contributed by atoms with Crippen LogP contribution in [0.4, 0.5) is 0 Å². The molecule has 1 heteroatoms. The third-order valence-electron chi connectivity index (χ3n) is 3.45. The molecule has 0 aromatic carbocycles. The first-order valence-corrected chi connectivity index (χ1v) is 5.02. The highest BCUT2D eigenvalue weighted by atomic mass is 15.0. The third kappa shape index (κ3) is 1.11. The van der Waals surface area contributed by atoms with Crippen LogP contribution in [0.1, 0.15) is 33.6 Å². The molecular weight excluding hydrogens is 146 g/mol. The van der Waals surface area contributed by atoms with Crippen molar-refractivity contribution in [2.75, 3.05) is 13.1 Å². The van der Waals surface area contributed by atoms with Gasteiger partial charge in [0.2, 0.25) is 0 Å². The highest BCUT2D eigenvalue weighted by Gasteiger charge is 2.42. The maximum Gasteiger partial charge on any atom is 0.00268 e. The lowest BCUT2D eigenvalue weighted by Crippen LogP contribution is -2.52. The third-order valence-corrected chi connectivity index (χ3v) is 3.45. The van der Waals surface area contributed by atoms with Crippen LogP contribution in [0, 0.1) is 11.3 Å². The van der Waals surface area contributed by atoms with E-state index < -0.39 is 0 Å². The molecule has 1 saturated heterocycles. The van der Waals surface area contributed by atoms with Crippen molar-refractivity contribution in [3.63, 3.8) is 0 Å². The van der Waals surface area contributed by atoms with Crippen molar-refractivity contribution in [2.24, 2.45) is 11.3 Å². The monoisotopic (exact) mass is 165 g/mol. The standard InChI is InChI=1S/C11H19N/c1-8(2)10-5-11(4-9(10)3)6-12-7-11/h8,12H,4-7H2,1-3H3. The van der Waals surface area contributed by atoms with Crippen LogP contribution in [-0.2, 0) is 0 Å². The Morgan fingerprint density at radius 3 is 2.17 bits per heavy atom. The summed E-state index contributed by atoms with van der Waals surface area (Å²) in [6, 6.07) is 0. The minimum absolute atomic E-state index is 0.656. The first kappa shape index (κ1) is 8.31. The van der Waals surface area contributed by atoms with Crippen molar-refractivity contribution >= 4 is 0 Å². The molecule has 0 bridgehead atoms. The molecule has 68 valence electrons. The first-order chi connectivity index (χ1) is 5.63. The number of rotatable bonds is 1. The van der Waals surface area contributed by atoms with E-state index in [-0.39, 0.29) is 0 Å². The van der Waals surface area contributed by atoms with Gasteiger partial charge < -0.3 is 5.32 Å². The fourth-order valence-electron chi connectivity index (χ4n) is 2.72. The largest absolute Gasteiger partial charge is 0.315 e. The zero-order valence-corrected chi connectivity index (χ0v) is 8.41. The molecule has 1 heterocycles. The minimum atomic E-state index is 0.656. The zero-order chi connectivity index (χ0) is 8.77. The second-order valence-corrected chi connectivity index (χ2v) is 4.92. The van der Waals surface area contributed by atoms with E-state index in [4.69, 9.17) is 0 Å². The maximum atomic E-state index is 3.40. The Morgan fingerprint density at radius 1 is 1.25 bits per heavy atom. The topological polar surface area (TPSA) is 12.0 Å². The second kappa shape index (κ2) is 2.59. The van der Waals surface area contributed by atoms with Crippen molar-refractivity contribution in [1.29, 1.82) is 0 Å². The summed E-state index contributed by atoms with van der Waals surface area (Å²) >= 11 is 0. The van der Waals surface area contributed by atoms with Crippen LogP contribution in [0.25, 0.3) is 0 Å². The average Bonchev–Trinajstić information content (AvgIpc) is 2.26. The average molecular weight is 165 g/mol. The normalized spacial score (nSPS) is 27.0. The van der Waals surface area contributed by atoms with Crippen LogP contribution in [-0.4, -0.2) is 13.1 Å². The van der Waals surface area contributed by atoms with Crippen LogP contribution in [0.2, 0.25) is 0 Å². The summed E-state index contributed by atoms with van der Waals surface area (Å²) in [5, 5.41) is 3.40. The Bertz CT molecular complexity index is 221. The van der Waals surface area contributed by atoms with E-state index in [9.17, 15) is 0 Å². The lowest BCUT2D eigenvalue weighted by molar-refractivity contribution is 0.180. The molecule has 0 unspecified atom stereocenters. The molecule has 0 radical (unpaired) electrons. The number of hydrogen-bond acceptors (Lipinski definition) is 1. The van der Waals surface area contributed by atoms with E-state index in [1.807, 2.05) is 0 Å². The Hall–Kier alpha value is -0.300. The number of hydrogen-bond donors (Lipinski definition) is 1. The smallest absolute Gasteiger partial charge is 0.00268 e. The summed E-state index contributed by atoms with van der Waals surface area (Å²) in [6.45, 7) is 9.47. The summed E-state index contributed by atoms with van der Waals surface area (Å²) < 4.78 is 0. The number of nitrogens with one attached hydrogen (secondary N) is 1. The molecule has 0 atom stereocenters. The number of allylic oxidation sites excluding steroid dienone is 2. The fourth-order valence-corrected chi connectivity index (χ4v) is 2.72. The minimum Gasteiger partial charge on any atom is -0.315 e. The van der Waals surface area contributed by atoms with E-state index in [0.29, 0.717) is 5.41 Å². The van der Waals surface area contributed by atoms with Gasteiger partial charge in [-0.15, -0.1) is 0 Å². The fraction of sp³-hybridized carbons (Fsp3) is 0.818. The van der Waals surface area contributed by atoms with Gasteiger partial charge in [-0.05, 0) is 25.7 Å². The predicted molar refractivity (Wildman–Crippen MR) is 52.1 cm³/mol. The van der Waals surface area contributed by atoms with E-state index >= 15 is 0 Å². The van der Waals surface area contributed by atoms with Gasteiger partial charge in [-0.2, -0.15) is 0 Å². The van der Waals surface area contributed by atoms with E-state index in [2.05, 4.69) is 26.1 Å². The summed E-state index contributed by atoms with van der Waals surface area (Å²) in [6.07, 6.45) is 2.72. The Labute approximate surface area is 75.2 Å². The van der Waals surface area contributed by atoms with E-state index in [1.165, 1.54) is 25.9 Å². The van der Waals surface area contributed by atoms with Gasteiger partial charge in [-0.3, -0.25) is 0 Å². The Kier molecular flexibility index (Phi) is 1.80. The van der Waals surface area contributed by atoms with Gasteiger partial charge in [-0.1, -0.05) is 25.0 Å². The molecule has 2 aliphatic rings. The molecule has 12 heavy (non-hydrogen) atoms. The van der Waals surface area contributed by atoms with Gasteiger partial charge >= 0.3 is 0 Å². The van der Waals surface area contributed by atoms with Gasteiger partial charge in [0.15, 0.2) is 0 Å². The first-order valence-electron chi connectivity index (χ1n) is 5.02. The summed E-state index contributed by atoms with van der Waals surface area (Å²) in [4.78, 5) is 0. The molecule has 1 nitrogen and oxygen atoms in total. The van der Waals surface area contributed by atoms with Crippen LogP contribution in [0.15, 0.2) is 11.1 Å². The quantitative estimate of drug-likeness (QED) is 0.588. The molecular formula is C11H19N. The van der Waals surface area contributed by atoms with Crippen LogP contribution in [0.5, 0.6) is 0 Å². The summed E-state index contributed by atoms with van der Waals surface area (Å²) in [5.41, 5.74) is 4.06. The van der Waals surface area contributed by atoms with Gasteiger partial charge in [0.25, 0.3) is 0 Å². The molecule has 0 amide bonds. The molecule has 1 aliphatic heterocycles. The van der Waals surface area contributed by atoms with Crippen molar-refractivity contribution < 1.29 is 0 Å². The zero-order valence-electron chi connectivity index (χ0n) is 8.41. The van der Waals surface area contributed by atoms with Crippen molar-refractivity contribution in [3.8, 4) is 0 Å². The van der Waals surface area contributed by atoms with Crippen LogP contribution >= 0.6 is 0 Å². The lowest BCUT2D eigenvalue weighted by Gasteiger charge is -2.40. The molecule has 1 N–H and O–H groups in total.